The van der Waals surface area contributed by atoms with E-state index in [9.17, 15) is 10.1 Å². The maximum absolute atomic E-state index is 11.0. The highest BCUT2D eigenvalue weighted by molar-refractivity contribution is 5.59. The summed E-state index contributed by atoms with van der Waals surface area (Å²) in [7, 11) is 1.79. The Bertz CT molecular complexity index is 595. The largest absolute Gasteiger partial charge is 0.364 e. The van der Waals surface area contributed by atoms with Gasteiger partial charge in [-0.15, -0.1) is 0 Å². The molecule has 1 N–H and O–H groups in total. The summed E-state index contributed by atoms with van der Waals surface area (Å²) in [6.07, 6.45) is 3.74. The monoisotopic (exact) mass is 262 g/mol. The van der Waals surface area contributed by atoms with Crippen LogP contribution in [0.1, 0.15) is 11.4 Å². The number of rotatable bonds is 5. The third kappa shape index (κ3) is 3.03. The average molecular weight is 262 g/mol. The lowest BCUT2D eigenvalue weighted by atomic mass is 10.2. The molecule has 0 bridgehead atoms. The van der Waals surface area contributed by atoms with E-state index < -0.39 is 4.92 Å². The third-order valence-electron chi connectivity index (χ3n) is 2.60. The minimum atomic E-state index is -0.427. The first-order valence-electron chi connectivity index (χ1n) is 5.76. The zero-order valence-corrected chi connectivity index (χ0v) is 10.7. The average Bonchev–Trinajstić information content (AvgIpc) is 2.74. The molecule has 0 saturated carbocycles. The molecule has 2 aromatic heterocycles. The van der Waals surface area contributed by atoms with Crippen LogP contribution in [0.2, 0.25) is 0 Å². The molecular weight excluding hydrogens is 248 g/mol. The van der Waals surface area contributed by atoms with Gasteiger partial charge in [-0.1, -0.05) is 0 Å². The van der Waals surface area contributed by atoms with Gasteiger partial charge in [0.25, 0.3) is 0 Å². The van der Waals surface area contributed by atoms with Crippen LogP contribution < -0.4 is 5.32 Å². The van der Waals surface area contributed by atoms with E-state index in [0.29, 0.717) is 24.4 Å². The fourth-order valence-corrected chi connectivity index (χ4v) is 1.70. The fraction of sp³-hybridized carbons (Fsp3) is 0.364. The third-order valence-corrected chi connectivity index (χ3v) is 2.60. The molecule has 19 heavy (non-hydrogen) atoms. The summed E-state index contributed by atoms with van der Waals surface area (Å²) in [4.78, 5) is 18.6. The molecule has 0 aliphatic carbocycles. The van der Waals surface area contributed by atoms with Crippen LogP contribution in [-0.4, -0.2) is 31.2 Å². The molecular formula is C11H14N6O2. The predicted molar refractivity (Wildman–Crippen MR) is 68.8 cm³/mol. The number of hydrogen-bond donors (Lipinski definition) is 1. The molecule has 8 heteroatoms. The van der Waals surface area contributed by atoms with Crippen molar-refractivity contribution in [3.63, 3.8) is 0 Å². The number of nitrogens with zero attached hydrogens (tertiary/aromatic N) is 5. The summed E-state index contributed by atoms with van der Waals surface area (Å²) >= 11 is 0. The van der Waals surface area contributed by atoms with Crippen molar-refractivity contribution in [3.8, 4) is 0 Å². The minimum Gasteiger partial charge on any atom is -0.364 e. The quantitative estimate of drug-likeness (QED) is 0.639. The molecule has 0 radical (unpaired) electrons. The van der Waals surface area contributed by atoms with Crippen molar-refractivity contribution < 1.29 is 4.92 Å². The highest BCUT2D eigenvalue weighted by atomic mass is 16.6. The Balaban J connectivity index is 2.03. The smallest absolute Gasteiger partial charge is 0.314 e. The van der Waals surface area contributed by atoms with Crippen molar-refractivity contribution in [1.29, 1.82) is 0 Å². The number of hydrogen-bond acceptors (Lipinski definition) is 6. The van der Waals surface area contributed by atoms with Crippen LogP contribution in [0.3, 0.4) is 0 Å². The van der Waals surface area contributed by atoms with Crippen molar-refractivity contribution in [3.05, 3.63) is 40.1 Å². The Morgan fingerprint density at radius 2 is 2.26 bits per heavy atom. The molecule has 0 aliphatic heterocycles. The van der Waals surface area contributed by atoms with Crippen LogP contribution in [-0.2, 0) is 13.5 Å². The highest BCUT2D eigenvalue weighted by Gasteiger charge is 2.17. The molecule has 8 nitrogen and oxygen atoms in total. The van der Waals surface area contributed by atoms with E-state index in [4.69, 9.17) is 0 Å². The topological polar surface area (TPSA) is 98.8 Å². The standard InChI is InChI=1S/C11H14N6O2/c1-8-3-5-12-11(10(8)17(18)19)13-6-4-9-14-7-16(2)15-9/h3,5,7H,4,6H2,1-2H3,(H,12,13). The minimum absolute atomic E-state index is 0.0106. The Morgan fingerprint density at radius 1 is 1.47 bits per heavy atom. The van der Waals surface area contributed by atoms with Gasteiger partial charge in [-0.25, -0.2) is 9.97 Å². The molecule has 0 spiro atoms. The van der Waals surface area contributed by atoms with Gasteiger partial charge >= 0.3 is 5.69 Å². The van der Waals surface area contributed by atoms with Gasteiger partial charge in [0.15, 0.2) is 5.82 Å². The van der Waals surface area contributed by atoms with Gasteiger partial charge < -0.3 is 5.32 Å². The van der Waals surface area contributed by atoms with E-state index in [0.717, 1.165) is 0 Å². The number of nitro groups is 1. The van der Waals surface area contributed by atoms with E-state index in [-0.39, 0.29) is 11.5 Å². The van der Waals surface area contributed by atoms with Gasteiger partial charge in [0.05, 0.1) is 4.92 Å². The van der Waals surface area contributed by atoms with E-state index in [1.807, 2.05) is 0 Å². The van der Waals surface area contributed by atoms with Gasteiger partial charge in [-0.2, -0.15) is 5.10 Å². The highest BCUT2D eigenvalue weighted by Crippen LogP contribution is 2.25. The lowest BCUT2D eigenvalue weighted by Gasteiger charge is -2.06. The Hall–Kier alpha value is -2.51. The zero-order chi connectivity index (χ0) is 13.8. The lowest BCUT2D eigenvalue weighted by molar-refractivity contribution is -0.384. The number of nitrogens with one attached hydrogen (secondary N) is 1. The SMILES string of the molecule is Cc1ccnc(NCCc2ncn(C)n2)c1[N+](=O)[O-]. The van der Waals surface area contributed by atoms with E-state index >= 15 is 0 Å². The van der Waals surface area contributed by atoms with Crippen LogP contribution in [0.5, 0.6) is 0 Å². The van der Waals surface area contributed by atoms with Crippen molar-refractivity contribution in [2.45, 2.75) is 13.3 Å². The summed E-state index contributed by atoms with van der Waals surface area (Å²) < 4.78 is 1.61. The van der Waals surface area contributed by atoms with Gasteiger partial charge in [0.1, 0.15) is 6.33 Å². The first-order chi connectivity index (χ1) is 9.08. The lowest BCUT2D eigenvalue weighted by Crippen LogP contribution is -2.10. The van der Waals surface area contributed by atoms with E-state index in [1.165, 1.54) is 0 Å². The van der Waals surface area contributed by atoms with Crippen LogP contribution >= 0.6 is 0 Å². The summed E-state index contributed by atoms with van der Waals surface area (Å²) in [6, 6.07) is 1.61. The molecule has 2 rings (SSSR count). The second-order valence-electron chi connectivity index (χ2n) is 4.09. The Labute approximate surface area is 109 Å². The molecule has 2 aromatic rings. The Kier molecular flexibility index (Phi) is 3.69. The zero-order valence-electron chi connectivity index (χ0n) is 10.7. The van der Waals surface area contributed by atoms with Crippen molar-refractivity contribution in [2.24, 2.45) is 7.05 Å². The molecule has 2 heterocycles. The molecule has 0 aliphatic rings. The maximum Gasteiger partial charge on any atom is 0.314 e. The first kappa shape index (κ1) is 12.9. The van der Waals surface area contributed by atoms with Gasteiger partial charge in [-0.05, 0) is 13.0 Å². The number of anilines is 1. The van der Waals surface area contributed by atoms with E-state index in [1.54, 1.807) is 37.2 Å². The number of aromatic nitrogens is 4. The molecule has 0 fully saturated rings. The summed E-state index contributed by atoms with van der Waals surface area (Å²) in [5.41, 5.74) is 0.593. The second kappa shape index (κ2) is 5.42. The van der Waals surface area contributed by atoms with Gasteiger partial charge in [-0.3, -0.25) is 14.8 Å². The van der Waals surface area contributed by atoms with Crippen molar-refractivity contribution in [2.75, 3.05) is 11.9 Å². The number of pyridine rings is 1. The fourth-order valence-electron chi connectivity index (χ4n) is 1.70. The molecule has 0 atom stereocenters. The number of aryl methyl sites for hydroxylation is 2. The van der Waals surface area contributed by atoms with Crippen LogP contribution in [0.25, 0.3) is 0 Å². The predicted octanol–water partition coefficient (Wildman–Crippen LogP) is 1.08. The first-order valence-corrected chi connectivity index (χ1v) is 5.76. The molecule has 0 saturated heterocycles. The van der Waals surface area contributed by atoms with Gasteiger partial charge in [0, 0.05) is 31.8 Å². The normalized spacial score (nSPS) is 10.4. The summed E-state index contributed by atoms with van der Waals surface area (Å²) in [5, 5.41) is 18.1. The maximum atomic E-state index is 11.0. The van der Waals surface area contributed by atoms with Gasteiger partial charge in [0.2, 0.25) is 5.82 Å². The van der Waals surface area contributed by atoms with Crippen molar-refractivity contribution >= 4 is 11.5 Å². The van der Waals surface area contributed by atoms with Crippen LogP contribution in [0, 0.1) is 17.0 Å². The van der Waals surface area contributed by atoms with Crippen LogP contribution in [0.15, 0.2) is 18.6 Å². The van der Waals surface area contributed by atoms with E-state index in [2.05, 4.69) is 20.4 Å². The summed E-state index contributed by atoms with van der Waals surface area (Å²) in [5.74, 6) is 0.964. The molecule has 100 valence electrons. The molecule has 0 unspecified atom stereocenters. The van der Waals surface area contributed by atoms with Crippen molar-refractivity contribution in [1.82, 2.24) is 19.7 Å². The van der Waals surface area contributed by atoms with Crippen LogP contribution in [0.4, 0.5) is 11.5 Å². The Morgan fingerprint density at radius 3 is 2.89 bits per heavy atom. The molecule has 0 aromatic carbocycles. The summed E-state index contributed by atoms with van der Waals surface area (Å²) in [6.45, 7) is 2.17. The second-order valence-corrected chi connectivity index (χ2v) is 4.09. The molecule has 0 amide bonds.